The standard InChI is InChI=1S/C9H13NO3/c1-2-6-3-8(11)10(9(6)12)4-7-5-13-7/h6-7H,2-5H2,1H3. The summed E-state index contributed by atoms with van der Waals surface area (Å²) < 4.78 is 4.99. The van der Waals surface area contributed by atoms with E-state index in [2.05, 4.69) is 0 Å². The number of hydrogen-bond acceptors (Lipinski definition) is 3. The third-order valence-electron chi connectivity index (χ3n) is 2.62. The molecule has 0 radical (unpaired) electrons. The normalized spacial score (nSPS) is 32.8. The van der Waals surface area contributed by atoms with Gasteiger partial charge in [-0.05, 0) is 6.42 Å². The average Bonchev–Trinajstić information content (AvgIpc) is 2.87. The first-order chi connectivity index (χ1) is 6.22. The monoisotopic (exact) mass is 183 g/mol. The largest absolute Gasteiger partial charge is 0.371 e. The van der Waals surface area contributed by atoms with Gasteiger partial charge in [-0.1, -0.05) is 6.92 Å². The molecular weight excluding hydrogens is 170 g/mol. The summed E-state index contributed by atoms with van der Waals surface area (Å²) in [5, 5.41) is 0. The smallest absolute Gasteiger partial charge is 0.232 e. The molecule has 72 valence electrons. The molecule has 0 aliphatic carbocycles. The Morgan fingerprint density at radius 3 is 2.69 bits per heavy atom. The third-order valence-corrected chi connectivity index (χ3v) is 2.62. The van der Waals surface area contributed by atoms with Gasteiger partial charge in [-0.15, -0.1) is 0 Å². The minimum absolute atomic E-state index is 0.0111. The predicted octanol–water partition coefficient (Wildman–Crippen LogP) is 0.170. The van der Waals surface area contributed by atoms with Crippen LogP contribution in [0.4, 0.5) is 0 Å². The maximum absolute atomic E-state index is 11.6. The number of carbonyl (C=O) groups excluding carboxylic acids is 2. The minimum Gasteiger partial charge on any atom is -0.371 e. The first kappa shape index (κ1) is 8.69. The molecule has 2 heterocycles. The lowest BCUT2D eigenvalue weighted by atomic mass is 10.1. The molecule has 2 atom stereocenters. The minimum atomic E-state index is -0.0775. The van der Waals surface area contributed by atoms with Crippen molar-refractivity contribution in [3.05, 3.63) is 0 Å². The highest BCUT2D eigenvalue weighted by atomic mass is 16.6. The molecule has 0 bridgehead atoms. The van der Waals surface area contributed by atoms with Crippen molar-refractivity contribution in [3.8, 4) is 0 Å². The molecule has 0 aromatic carbocycles. The molecule has 0 aromatic heterocycles. The number of hydrogen-bond donors (Lipinski definition) is 0. The zero-order chi connectivity index (χ0) is 9.42. The fourth-order valence-electron chi connectivity index (χ4n) is 1.64. The molecule has 2 aliphatic heterocycles. The summed E-state index contributed by atoms with van der Waals surface area (Å²) >= 11 is 0. The number of imide groups is 1. The molecule has 2 amide bonds. The van der Waals surface area contributed by atoms with E-state index in [4.69, 9.17) is 4.74 Å². The number of likely N-dealkylation sites (tertiary alicyclic amines) is 1. The van der Waals surface area contributed by atoms with Gasteiger partial charge in [-0.25, -0.2) is 0 Å². The second kappa shape index (κ2) is 3.10. The highest BCUT2D eigenvalue weighted by Gasteiger charge is 2.40. The highest BCUT2D eigenvalue weighted by Crippen LogP contribution is 2.24. The van der Waals surface area contributed by atoms with Crippen LogP contribution in [0.5, 0.6) is 0 Å². The first-order valence-corrected chi connectivity index (χ1v) is 4.68. The SMILES string of the molecule is CCC1CC(=O)N(CC2CO2)C1=O. The Bertz CT molecular complexity index is 247. The van der Waals surface area contributed by atoms with Crippen LogP contribution in [0.1, 0.15) is 19.8 Å². The molecule has 2 aliphatic rings. The molecule has 13 heavy (non-hydrogen) atoms. The molecule has 0 saturated carbocycles. The number of amides is 2. The maximum Gasteiger partial charge on any atom is 0.232 e. The summed E-state index contributed by atoms with van der Waals surface area (Å²) in [6.07, 6.45) is 1.26. The molecule has 2 saturated heterocycles. The molecule has 2 rings (SSSR count). The molecule has 4 heteroatoms. The van der Waals surface area contributed by atoms with Crippen molar-refractivity contribution >= 4 is 11.8 Å². The Kier molecular flexibility index (Phi) is 2.07. The molecule has 0 aromatic rings. The Morgan fingerprint density at radius 1 is 1.54 bits per heavy atom. The van der Waals surface area contributed by atoms with Crippen LogP contribution >= 0.6 is 0 Å². The molecular formula is C9H13NO3. The fourth-order valence-corrected chi connectivity index (χ4v) is 1.64. The van der Waals surface area contributed by atoms with Crippen LogP contribution < -0.4 is 0 Å². The second-order valence-corrected chi connectivity index (χ2v) is 3.61. The van der Waals surface area contributed by atoms with Gasteiger partial charge in [-0.3, -0.25) is 14.5 Å². The van der Waals surface area contributed by atoms with Crippen LogP contribution in [-0.4, -0.2) is 36.0 Å². The van der Waals surface area contributed by atoms with Crippen molar-refractivity contribution in [3.63, 3.8) is 0 Å². The number of rotatable bonds is 3. The highest BCUT2D eigenvalue weighted by molar-refractivity contribution is 6.03. The lowest BCUT2D eigenvalue weighted by Gasteiger charge is -2.12. The Balaban J connectivity index is 2.00. The molecule has 4 nitrogen and oxygen atoms in total. The predicted molar refractivity (Wildman–Crippen MR) is 44.9 cm³/mol. The lowest BCUT2D eigenvalue weighted by molar-refractivity contribution is -0.139. The summed E-state index contributed by atoms with van der Waals surface area (Å²) in [6, 6.07) is 0. The van der Waals surface area contributed by atoms with Crippen molar-refractivity contribution in [1.82, 2.24) is 4.90 Å². The number of ether oxygens (including phenoxy) is 1. The van der Waals surface area contributed by atoms with Crippen LogP contribution in [0, 0.1) is 5.92 Å². The van der Waals surface area contributed by atoms with Crippen molar-refractivity contribution in [2.75, 3.05) is 13.2 Å². The Hall–Kier alpha value is -0.900. The molecule has 0 N–H and O–H groups in total. The van der Waals surface area contributed by atoms with Gasteiger partial charge in [0.15, 0.2) is 0 Å². The topological polar surface area (TPSA) is 49.9 Å². The van der Waals surface area contributed by atoms with E-state index in [1.54, 1.807) is 0 Å². The van der Waals surface area contributed by atoms with Gasteiger partial charge in [-0.2, -0.15) is 0 Å². The number of nitrogens with zero attached hydrogens (tertiary/aromatic N) is 1. The molecule has 2 unspecified atom stereocenters. The van der Waals surface area contributed by atoms with Crippen LogP contribution in [0.15, 0.2) is 0 Å². The summed E-state index contributed by atoms with van der Waals surface area (Å²) in [6.45, 7) is 3.09. The van der Waals surface area contributed by atoms with Crippen LogP contribution in [0.2, 0.25) is 0 Å². The van der Waals surface area contributed by atoms with Crippen LogP contribution in [-0.2, 0) is 14.3 Å². The van der Waals surface area contributed by atoms with E-state index in [-0.39, 0.29) is 23.8 Å². The van der Waals surface area contributed by atoms with E-state index in [9.17, 15) is 9.59 Å². The van der Waals surface area contributed by atoms with Gasteiger partial charge in [0.2, 0.25) is 11.8 Å². The van der Waals surface area contributed by atoms with Gasteiger partial charge in [0.1, 0.15) is 0 Å². The van der Waals surface area contributed by atoms with Gasteiger partial charge >= 0.3 is 0 Å². The van der Waals surface area contributed by atoms with Crippen LogP contribution in [0.25, 0.3) is 0 Å². The van der Waals surface area contributed by atoms with Gasteiger partial charge < -0.3 is 4.74 Å². The second-order valence-electron chi connectivity index (χ2n) is 3.61. The zero-order valence-electron chi connectivity index (χ0n) is 7.66. The van der Waals surface area contributed by atoms with Gasteiger partial charge in [0, 0.05) is 12.3 Å². The summed E-state index contributed by atoms with van der Waals surface area (Å²) in [5.74, 6) is -0.124. The van der Waals surface area contributed by atoms with Crippen molar-refractivity contribution < 1.29 is 14.3 Å². The Morgan fingerprint density at radius 2 is 2.23 bits per heavy atom. The van der Waals surface area contributed by atoms with E-state index in [1.807, 2.05) is 6.92 Å². The quantitative estimate of drug-likeness (QED) is 0.463. The van der Waals surface area contributed by atoms with Crippen molar-refractivity contribution in [2.24, 2.45) is 5.92 Å². The van der Waals surface area contributed by atoms with Crippen LogP contribution in [0.3, 0.4) is 0 Å². The Labute approximate surface area is 76.8 Å². The number of carbonyl (C=O) groups is 2. The lowest BCUT2D eigenvalue weighted by Crippen LogP contribution is -2.33. The van der Waals surface area contributed by atoms with Crippen molar-refractivity contribution in [2.45, 2.75) is 25.9 Å². The summed E-state index contributed by atoms with van der Waals surface area (Å²) in [5.41, 5.74) is 0. The zero-order valence-corrected chi connectivity index (χ0v) is 7.66. The van der Waals surface area contributed by atoms with Gasteiger partial charge in [0.25, 0.3) is 0 Å². The average molecular weight is 183 g/mol. The van der Waals surface area contributed by atoms with E-state index in [0.717, 1.165) is 6.42 Å². The van der Waals surface area contributed by atoms with E-state index >= 15 is 0 Å². The third kappa shape index (κ3) is 1.58. The van der Waals surface area contributed by atoms with E-state index in [1.165, 1.54) is 4.90 Å². The first-order valence-electron chi connectivity index (χ1n) is 4.68. The maximum atomic E-state index is 11.6. The van der Waals surface area contributed by atoms with Crippen molar-refractivity contribution in [1.29, 1.82) is 0 Å². The summed E-state index contributed by atoms with van der Waals surface area (Å²) in [4.78, 5) is 24.3. The van der Waals surface area contributed by atoms with E-state index in [0.29, 0.717) is 19.6 Å². The van der Waals surface area contributed by atoms with E-state index < -0.39 is 0 Å². The fraction of sp³-hybridized carbons (Fsp3) is 0.778. The molecule has 2 fully saturated rings. The van der Waals surface area contributed by atoms with Gasteiger partial charge in [0.05, 0.1) is 19.3 Å². The number of epoxide rings is 1. The summed E-state index contributed by atoms with van der Waals surface area (Å²) in [7, 11) is 0. The molecule has 0 spiro atoms.